The molecule has 0 saturated heterocycles. The summed E-state index contributed by atoms with van der Waals surface area (Å²) in [5.41, 5.74) is 5.54. The summed E-state index contributed by atoms with van der Waals surface area (Å²) in [6.07, 6.45) is 6.83. The Morgan fingerprint density at radius 3 is 2.66 bits per heavy atom. The molecule has 1 aliphatic carbocycles. The van der Waals surface area contributed by atoms with E-state index in [9.17, 15) is 10.1 Å². The predicted molar refractivity (Wildman–Crippen MR) is 134 cm³/mol. The number of benzene rings is 2. The van der Waals surface area contributed by atoms with Crippen molar-refractivity contribution in [2.24, 2.45) is 0 Å². The highest BCUT2D eigenvalue weighted by Crippen LogP contribution is 2.42. The highest BCUT2D eigenvalue weighted by Gasteiger charge is 2.27. The number of nitrogens with one attached hydrogen (secondary N) is 1. The molecule has 2 aromatic heterocycles. The van der Waals surface area contributed by atoms with E-state index in [1.807, 2.05) is 42.8 Å². The normalized spacial score (nSPS) is 13.5. The Bertz CT molecular complexity index is 1380. The van der Waals surface area contributed by atoms with E-state index >= 15 is 0 Å². The van der Waals surface area contributed by atoms with Gasteiger partial charge in [0.25, 0.3) is 0 Å². The second-order valence-electron chi connectivity index (χ2n) is 9.21. The molecule has 0 aliphatic heterocycles. The summed E-state index contributed by atoms with van der Waals surface area (Å²) < 4.78 is 9.35. The van der Waals surface area contributed by atoms with Crippen molar-refractivity contribution in [3.05, 3.63) is 66.2 Å². The summed E-state index contributed by atoms with van der Waals surface area (Å²) in [5.74, 6) is 0. The maximum atomic E-state index is 12.0. The summed E-state index contributed by atoms with van der Waals surface area (Å²) in [6, 6.07) is 16.9. The molecule has 0 spiro atoms. The van der Waals surface area contributed by atoms with Crippen molar-refractivity contribution in [1.82, 2.24) is 19.3 Å². The van der Waals surface area contributed by atoms with Crippen LogP contribution in [0.2, 0.25) is 0 Å². The molecule has 4 aromatic rings. The van der Waals surface area contributed by atoms with Crippen LogP contribution >= 0.6 is 0 Å². The summed E-state index contributed by atoms with van der Waals surface area (Å²) in [4.78, 5) is 16.0. The van der Waals surface area contributed by atoms with E-state index in [2.05, 4.69) is 44.2 Å². The Labute approximate surface area is 204 Å². The van der Waals surface area contributed by atoms with Crippen molar-refractivity contribution in [3.63, 3.8) is 0 Å². The summed E-state index contributed by atoms with van der Waals surface area (Å²) in [5, 5.41) is 18.1. The van der Waals surface area contributed by atoms with Gasteiger partial charge in [0.1, 0.15) is 18.7 Å². The number of carbonyl (C=O) groups excluding carboxylic acids is 1. The molecule has 1 saturated carbocycles. The second kappa shape index (κ2) is 9.63. The number of aromatic nitrogens is 4. The molecule has 178 valence electrons. The lowest BCUT2D eigenvalue weighted by molar-refractivity contribution is 0.130. The van der Waals surface area contributed by atoms with Gasteiger partial charge in [0, 0.05) is 23.7 Å². The molecule has 0 bridgehead atoms. The molecule has 8 nitrogen and oxygen atoms in total. The van der Waals surface area contributed by atoms with Crippen LogP contribution in [0.25, 0.3) is 22.2 Å². The third-order valence-electron chi connectivity index (χ3n) is 6.46. The highest BCUT2D eigenvalue weighted by atomic mass is 16.6. The zero-order valence-electron chi connectivity index (χ0n) is 19.9. The third kappa shape index (κ3) is 4.62. The molecule has 0 unspecified atom stereocenters. The standard InChI is InChI=1S/C27H28N6O2/c1-18(2)35-27(34)31-21-9-7-20(8-10-21)26-24(15-28)23-11-6-19(12-13-32-17-29-16-30-32)14-25(23)33(26)22-4-3-5-22/h6-11,14,16-18,22H,3-5,12-13H2,1-2H3,(H,31,34). The quantitative estimate of drug-likeness (QED) is 0.375. The van der Waals surface area contributed by atoms with Crippen LogP contribution in [0.5, 0.6) is 0 Å². The van der Waals surface area contributed by atoms with Gasteiger partial charge in [0.15, 0.2) is 0 Å². The molecular weight excluding hydrogens is 440 g/mol. The van der Waals surface area contributed by atoms with Gasteiger partial charge in [-0.25, -0.2) is 9.78 Å². The van der Waals surface area contributed by atoms with Crippen molar-refractivity contribution >= 4 is 22.7 Å². The monoisotopic (exact) mass is 468 g/mol. The van der Waals surface area contributed by atoms with Crippen LogP contribution in [-0.2, 0) is 17.7 Å². The number of rotatable bonds is 7. The molecule has 0 radical (unpaired) electrons. The largest absolute Gasteiger partial charge is 0.447 e. The summed E-state index contributed by atoms with van der Waals surface area (Å²) >= 11 is 0. The minimum absolute atomic E-state index is 0.188. The highest BCUT2D eigenvalue weighted by molar-refractivity contribution is 5.95. The molecule has 35 heavy (non-hydrogen) atoms. The first-order chi connectivity index (χ1) is 17.0. The van der Waals surface area contributed by atoms with Crippen LogP contribution in [0.15, 0.2) is 55.1 Å². The average Bonchev–Trinajstić information content (AvgIpc) is 3.43. The molecule has 1 amide bonds. The lowest BCUT2D eigenvalue weighted by atomic mass is 9.92. The number of carbonyl (C=O) groups is 1. The molecule has 1 N–H and O–H groups in total. The van der Waals surface area contributed by atoms with Crippen LogP contribution < -0.4 is 5.32 Å². The molecule has 5 rings (SSSR count). The Morgan fingerprint density at radius 2 is 2.03 bits per heavy atom. The van der Waals surface area contributed by atoms with Crippen LogP contribution in [0.3, 0.4) is 0 Å². The zero-order chi connectivity index (χ0) is 24.4. The van der Waals surface area contributed by atoms with E-state index in [4.69, 9.17) is 4.74 Å². The topological polar surface area (TPSA) is 97.8 Å². The molecule has 0 atom stereocenters. The van der Waals surface area contributed by atoms with E-state index in [0.29, 0.717) is 17.3 Å². The van der Waals surface area contributed by atoms with Crippen LogP contribution in [0.1, 0.15) is 50.3 Å². The Kier molecular flexibility index (Phi) is 6.23. The van der Waals surface area contributed by atoms with Crippen LogP contribution in [0, 0.1) is 11.3 Å². The van der Waals surface area contributed by atoms with E-state index in [0.717, 1.165) is 48.0 Å². The van der Waals surface area contributed by atoms with Gasteiger partial charge in [-0.3, -0.25) is 10.00 Å². The minimum Gasteiger partial charge on any atom is -0.447 e. The number of nitriles is 1. The first-order valence-corrected chi connectivity index (χ1v) is 12.0. The number of hydrogen-bond donors (Lipinski definition) is 1. The smallest absolute Gasteiger partial charge is 0.411 e. The van der Waals surface area contributed by atoms with E-state index in [1.54, 1.807) is 12.7 Å². The van der Waals surface area contributed by atoms with Crippen molar-refractivity contribution in [3.8, 4) is 17.3 Å². The number of ether oxygens (including phenoxy) is 1. The van der Waals surface area contributed by atoms with Gasteiger partial charge < -0.3 is 9.30 Å². The van der Waals surface area contributed by atoms with Crippen molar-refractivity contribution in [2.75, 3.05) is 5.32 Å². The summed E-state index contributed by atoms with van der Waals surface area (Å²) in [7, 11) is 0. The van der Waals surface area contributed by atoms with Crippen molar-refractivity contribution < 1.29 is 9.53 Å². The number of aryl methyl sites for hydroxylation is 2. The Hall–Kier alpha value is -4.12. The second-order valence-corrected chi connectivity index (χ2v) is 9.21. The fourth-order valence-electron chi connectivity index (χ4n) is 4.60. The molecular formula is C27H28N6O2. The Balaban J connectivity index is 1.51. The van der Waals surface area contributed by atoms with Gasteiger partial charge in [0.2, 0.25) is 0 Å². The van der Waals surface area contributed by atoms with Gasteiger partial charge in [0.05, 0.1) is 22.9 Å². The average molecular weight is 469 g/mol. The van der Waals surface area contributed by atoms with Crippen molar-refractivity contribution in [1.29, 1.82) is 5.26 Å². The molecule has 2 heterocycles. The number of fused-ring (bicyclic) bond motifs is 1. The number of hydrogen-bond acceptors (Lipinski definition) is 5. The predicted octanol–water partition coefficient (Wildman–Crippen LogP) is 5.70. The van der Waals surface area contributed by atoms with E-state index in [1.165, 1.54) is 12.0 Å². The van der Waals surface area contributed by atoms with Crippen LogP contribution in [0.4, 0.5) is 10.5 Å². The number of anilines is 1. The SMILES string of the molecule is CC(C)OC(=O)Nc1ccc(-c2c(C#N)c3ccc(CCn4cncn4)cc3n2C2CCC2)cc1. The van der Waals surface area contributed by atoms with E-state index in [-0.39, 0.29) is 6.10 Å². The first-order valence-electron chi connectivity index (χ1n) is 12.0. The van der Waals surface area contributed by atoms with Gasteiger partial charge in [-0.1, -0.05) is 24.3 Å². The van der Waals surface area contributed by atoms with Gasteiger partial charge in [-0.05, 0) is 68.9 Å². The molecule has 1 fully saturated rings. The molecule has 2 aromatic carbocycles. The maximum absolute atomic E-state index is 12.0. The maximum Gasteiger partial charge on any atom is 0.411 e. The van der Waals surface area contributed by atoms with Gasteiger partial charge in [-0.15, -0.1) is 0 Å². The first kappa shape index (κ1) is 22.7. The fraction of sp³-hybridized carbons (Fsp3) is 0.333. The lowest BCUT2D eigenvalue weighted by Gasteiger charge is -2.30. The Morgan fingerprint density at radius 1 is 1.23 bits per heavy atom. The molecule has 1 aliphatic rings. The molecule has 8 heteroatoms. The number of nitrogens with zero attached hydrogens (tertiary/aromatic N) is 5. The minimum atomic E-state index is -0.479. The van der Waals surface area contributed by atoms with Gasteiger partial charge in [-0.2, -0.15) is 10.4 Å². The van der Waals surface area contributed by atoms with Crippen molar-refractivity contribution in [2.45, 2.75) is 58.2 Å². The van der Waals surface area contributed by atoms with Crippen LogP contribution in [-0.4, -0.2) is 31.5 Å². The zero-order valence-corrected chi connectivity index (χ0v) is 19.9. The summed E-state index contributed by atoms with van der Waals surface area (Å²) in [6.45, 7) is 4.37. The third-order valence-corrected chi connectivity index (χ3v) is 6.46. The lowest BCUT2D eigenvalue weighted by Crippen LogP contribution is -2.18. The van der Waals surface area contributed by atoms with E-state index < -0.39 is 6.09 Å². The van der Waals surface area contributed by atoms with Gasteiger partial charge >= 0.3 is 6.09 Å². The number of amides is 1. The fourth-order valence-corrected chi connectivity index (χ4v) is 4.60.